The first-order chi connectivity index (χ1) is 15.2. The molecule has 2 aliphatic rings. The molecule has 0 saturated carbocycles. The van der Waals surface area contributed by atoms with E-state index < -0.39 is 6.09 Å². The van der Waals surface area contributed by atoms with Crippen molar-refractivity contribution in [2.75, 3.05) is 39.8 Å². The number of carbonyl (C=O) groups is 2. The smallest absolute Gasteiger partial charge is 0.407 e. The number of ether oxygens (including phenoxy) is 1. The molecule has 6 nitrogen and oxygen atoms in total. The maximum atomic E-state index is 12.4. The molecule has 1 fully saturated rings. The third kappa shape index (κ3) is 4.90. The van der Waals surface area contributed by atoms with E-state index in [1.165, 1.54) is 22.3 Å². The largest absolute Gasteiger partial charge is 0.449 e. The van der Waals surface area contributed by atoms with Gasteiger partial charge >= 0.3 is 6.09 Å². The van der Waals surface area contributed by atoms with Crippen LogP contribution in [0.15, 0.2) is 48.5 Å². The zero-order valence-corrected chi connectivity index (χ0v) is 18.1. The van der Waals surface area contributed by atoms with Gasteiger partial charge in [-0.25, -0.2) is 4.79 Å². The van der Waals surface area contributed by atoms with Gasteiger partial charge in [0.1, 0.15) is 6.61 Å². The first-order valence-corrected chi connectivity index (χ1v) is 11.2. The summed E-state index contributed by atoms with van der Waals surface area (Å²) in [7, 11) is 1.96. The van der Waals surface area contributed by atoms with Gasteiger partial charge in [-0.05, 0) is 54.6 Å². The van der Waals surface area contributed by atoms with Crippen LogP contribution in [0.1, 0.15) is 36.3 Å². The summed E-state index contributed by atoms with van der Waals surface area (Å²) in [6.07, 6.45) is 1.90. The minimum Gasteiger partial charge on any atom is -0.449 e. The Morgan fingerprint density at radius 1 is 1.00 bits per heavy atom. The van der Waals surface area contributed by atoms with E-state index >= 15 is 0 Å². The Morgan fingerprint density at radius 2 is 1.61 bits per heavy atom. The summed E-state index contributed by atoms with van der Waals surface area (Å²) in [5.41, 5.74) is 4.79. The van der Waals surface area contributed by atoms with Crippen LogP contribution in [-0.4, -0.2) is 56.7 Å². The fourth-order valence-electron chi connectivity index (χ4n) is 4.75. The number of nitrogens with one attached hydrogen (secondary N) is 2. The van der Waals surface area contributed by atoms with Gasteiger partial charge < -0.3 is 20.3 Å². The van der Waals surface area contributed by atoms with Crippen LogP contribution in [0.4, 0.5) is 4.79 Å². The molecule has 4 rings (SSSR count). The van der Waals surface area contributed by atoms with E-state index in [2.05, 4.69) is 34.9 Å². The number of fused-ring (bicyclic) bond motifs is 3. The molecule has 2 N–H and O–H groups in total. The number of piperidine rings is 1. The minimum atomic E-state index is -0.470. The van der Waals surface area contributed by atoms with Crippen LogP contribution in [0.2, 0.25) is 0 Å². The van der Waals surface area contributed by atoms with Crippen molar-refractivity contribution >= 4 is 12.0 Å². The minimum absolute atomic E-state index is 0.0405. The van der Waals surface area contributed by atoms with Crippen molar-refractivity contribution in [3.8, 4) is 11.1 Å². The van der Waals surface area contributed by atoms with E-state index in [-0.39, 0.29) is 18.4 Å². The first-order valence-electron chi connectivity index (χ1n) is 11.2. The van der Waals surface area contributed by atoms with Crippen LogP contribution in [0, 0.1) is 5.92 Å². The number of amides is 2. The van der Waals surface area contributed by atoms with Crippen molar-refractivity contribution in [3.63, 3.8) is 0 Å². The molecule has 0 spiro atoms. The second-order valence-corrected chi connectivity index (χ2v) is 8.38. The number of rotatable bonds is 7. The highest BCUT2D eigenvalue weighted by Crippen LogP contribution is 2.44. The Hall–Kier alpha value is -2.86. The van der Waals surface area contributed by atoms with Crippen LogP contribution in [0.5, 0.6) is 0 Å². The predicted octanol–water partition coefficient (Wildman–Crippen LogP) is 3.37. The molecule has 1 aliphatic carbocycles. The van der Waals surface area contributed by atoms with Gasteiger partial charge in [0, 0.05) is 32.0 Å². The predicted molar refractivity (Wildman–Crippen MR) is 121 cm³/mol. The molecular weight excluding hydrogens is 390 g/mol. The van der Waals surface area contributed by atoms with Gasteiger partial charge in [-0.1, -0.05) is 48.5 Å². The van der Waals surface area contributed by atoms with Gasteiger partial charge in [0.2, 0.25) is 5.91 Å². The molecule has 1 heterocycles. The van der Waals surface area contributed by atoms with Crippen molar-refractivity contribution < 1.29 is 14.3 Å². The van der Waals surface area contributed by atoms with Gasteiger partial charge in [0.05, 0.1) is 0 Å². The third-order valence-corrected chi connectivity index (χ3v) is 6.41. The van der Waals surface area contributed by atoms with Crippen LogP contribution < -0.4 is 10.6 Å². The van der Waals surface area contributed by atoms with Gasteiger partial charge in [0.15, 0.2) is 0 Å². The summed E-state index contributed by atoms with van der Waals surface area (Å²) in [6.45, 7) is 3.19. The lowest BCUT2D eigenvalue weighted by Crippen LogP contribution is -2.41. The average Bonchev–Trinajstić information content (AvgIpc) is 3.12. The van der Waals surface area contributed by atoms with Crippen LogP contribution in [0.3, 0.4) is 0 Å². The quantitative estimate of drug-likeness (QED) is 0.719. The maximum Gasteiger partial charge on any atom is 0.407 e. The Morgan fingerprint density at radius 3 is 2.23 bits per heavy atom. The van der Waals surface area contributed by atoms with Crippen LogP contribution in [0.25, 0.3) is 11.1 Å². The van der Waals surface area contributed by atoms with Gasteiger partial charge in [-0.2, -0.15) is 0 Å². The molecule has 31 heavy (non-hydrogen) atoms. The first kappa shape index (κ1) is 21.4. The van der Waals surface area contributed by atoms with E-state index in [4.69, 9.17) is 4.74 Å². The monoisotopic (exact) mass is 421 g/mol. The van der Waals surface area contributed by atoms with Crippen molar-refractivity contribution in [3.05, 3.63) is 59.7 Å². The summed E-state index contributed by atoms with van der Waals surface area (Å²) in [6, 6.07) is 16.5. The summed E-state index contributed by atoms with van der Waals surface area (Å²) in [5.74, 6) is 0.786. The second kappa shape index (κ2) is 9.96. The number of hydrogen-bond acceptors (Lipinski definition) is 4. The number of carbonyl (C=O) groups excluding carboxylic acids is 2. The van der Waals surface area contributed by atoms with E-state index in [0.717, 1.165) is 32.5 Å². The van der Waals surface area contributed by atoms with Crippen molar-refractivity contribution in [1.82, 2.24) is 15.5 Å². The average molecular weight is 422 g/mol. The number of likely N-dealkylation sites (tertiary alicyclic amines) is 1. The molecule has 0 bridgehead atoms. The molecule has 164 valence electrons. The molecule has 2 amide bonds. The summed E-state index contributed by atoms with van der Waals surface area (Å²) in [5, 5.41) is 5.94. The standard InChI is InChI=1S/C25H31N3O3/c1-26-16-18-11-14-28(15-12-18)24(29)10-13-27-25(30)31-17-23-21-8-4-2-6-19(21)20-7-3-5-9-22(20)23/h2-9,18,23,26H,10-17H2,1H3,(H,27,30). The third-order valence-electron chi connectivity index (χ3n) is 6.41. The molecular formula is C25H31N3O3. The van der Waals surface area contributed by atoms with Crippen molar-refractivity contribution in [2.24, 2.45) is 5.92 Å². The summed E-state index contributed by atoms with van der Waals surface area (Å²) < 4.78 is 5.53. The fraction of sp³-hybridized carbons (Fsp3) is 0.440. The zero-order chi connectivity index (χ0) is 21.6. The molecule has 6 heteroatoms. The van der Waals surface area contributed by atoms with Gasteiger partial charge in [-0.15, -0.1) is 0 Å². The maximum absolute atomic E-state index is 12.4. The van der Waals surface area contributed by atoms with E-state index in [0.29, 0.717) is 18.9 Å². The number of hydrogen-bond donors (Lipinski definition) is 2. The highest BCUT2D eigenvalue weighted by Gasteiger charge is 2.29. The van der Waals surface area contributed by atoms with Crippen molar-refractivity contribution in [1.29, 1.82) is 0 Å². The topological polar surface area (TPSA) is 70.7 Å². The lowest BCUT2D eigenvalue weighted by Gasteiger charge is -2.32. The lowest BCUT2D eigenvalue weighted by atomic mass is 9.96. The van der Waals surface area contributed by atoms with Crippen LogP contribution in [-0.2, 0) is 9.53 Å². The number of nitrogens with zero attached hydrogens (tertiary/aromatic N) is 1. The molecule has 2 aromatic carbocycles. The zero-order valence-electron chi connectivity index (χ0n) is 18.1. The Labute approximate surface area is 184 Å². The highest BCUT2D eigenvalue weighted by molar-refractivity contribution is 5.79. The van der Waals surface area contributed by atoms with Gasteiger partial charge in [0.25, 0.3) is 0 Å². The van der Waals surface area contributed by atoms with E-state index in [9.17, 15) is 9.59 Å². The Kier molecular flexibility index (Phi) is 6.87. The van der Waals surface area contributed by atoms with Crippen LogP contribution >= 0.6 is 0 Å². The molecule has 0 unspecified atom stereocenters. The Balaban J connectivity index is 1.22. The van der Waals surface area contributed by atoms with Gasteiger partial charge in [-0.3, -0.25) is 4.79 Å². The second-order valence-electron chi connectivity index (χ2n) is 8.38. The fourth-order valence-corrected chi connectivity index (χ4v) is 4.75. The normalized spacial score (nSPS) is 16.0. The lowest BCUT2D eigenvalue weighted by molar-refractivity contribution is -0.132. The number of benzene rings is 2. The SMILES string of the molecule is CNCC1CCN(C(=O)CCNC(=O)OCC2c3ccccc3-c3ccccc32)CC1. The molecule has 1 aliphatic heterocycles. The highest BCUT2D eigenvalue weighted by atomic mass is 16.5. The molecule has 1 saturated heterocycles. The Bertz CT molecular complexity index is 876. The number of alkyl carbamates (subject to hydrolysis) is 1. The molecule has 0 atom stereocenters. The summed E-state index contributed by atoms with van der Waals surface area (Å²) >= 11 is 0. The summed E-state index contributed by atoms with van der Waals surface area (Å²) in [4.78, 5) is 26.5. The molecule has 0 aromatic heterocycles. The van der Waals surface area contributed by atoms with E-state index in [1.807, 2.05) is 36.2 Å². The molecule has 2 aromatic rings. The van der Waals surface area contributed by atoms with E-state index in [1.54, 1.807) is 0 Å². The van der Waals surface area contributed by atoms with Crippen molar-refractivity contribution in [2.45, 2.75) is 25.2 Å². The molecule has 0 radical (unpaired) electrons.